The van der Waals surface area contributed by atoms with Gasteiger partial charge in [0.1, 0.15) is 5.75 Å². The number of thiazole rings is 1. The van der Waals surface area contributed by atoms with Gasteiger partial charge in [0.25, 0.3) is 11.6 Å². The van der Waals surface area contributed by atoms with Crippen molar-refractivity contribution in [1.82, 2.24) is 9.97 Å². The van der Waals surface area contributed by atoms with Crippen molar-refractivity contribution in [2.24, 2.45) is 0 Å². The number of non-ortho nitro benzene ring substituents is 1. The number of aromatic nitrogens is 2. The van der Waals surface area contributed by atoms with Gasteiger partial charge in [0.05, 0.1) is 34.0 Å². The molecule has 0 N–H and O–H groups in total. The third-order valence-electron chi connectivity index (χ3n) is 4.51. The predicted octanol–water partition coefficient (Wildman–Crippen LogP) is 4.85. The molecule has 156 valence electrons. The van der Waals surface area contributed by atoms with Crippen LogP contribution in [0.3, 0.4) is 0 Å². The highest BCUT2D eigenvalue weighted by Crippen LogP contribution is 2.33. The van der Waals surface area contributed by atoms with Crippen LogP contribution in [0.25, 0.3) is 10.2 Å². The monoisotopic (exact) mass is 434 g/mol. The second kappa shape index (κ2) is 8.88. The summed E-state index contributed by atoms with van der Waals surface area (Å²) in [6, 6.07) is 16.6. The molecule has 0 bridgehead atoms. The number of benzene rings is 2. The first-order valence-electron chi connectivity index (χ1n) is 9.55. The number of rotatable bonds is 7. The quantitative estimate of drug-likeness (QED) is 0.305. The Morgan fingerprint density at radius 3 is 2.65 bits per heavy atom. The third kappa shape index (κ3) is 4.51. The summed E-state index contributed by atoms with van der Waals surface area (Å²) in [6.45, 7) is 2.69. The predicted molar refractivity (Wildman–Crippen MR) is 119 cm³/mol. The van der Waals surface area contributed by atoms with Crippen LogP contribution in [0.15, 0.2) is 66.9 Å². The van der Waals surface area contributed by atoms with Crippen molar-refractivity contribution in [2.75, 3.05) is 11.5 Å². The van der Waals surface area contributed by atoms with E-state index in [9.17, 15) is 14.9 Å². The maximum Gasteiger partial charge on any atom is 0.269 e. The molecule has 0 saturated heterocycles. The van der Waals surface area contributed by atoms with E-state index in [4.69, 9.17) is 4.74 Å². The zero-order valence-electron chi connectivity index (χ0n) is 16.6. The summed E-state index contributed by atoms with van der Waals surface area (Å²) in [4.78, 5) is 34.3. The van der Waals surface area contributed by atoms with Gasteiger partial charge in [-0.3, -0.25) is 24.8 Å². The van der Waals surface area contributed by atoms with Crippen LogP contribution in [0.2, 0.25) is 0 Å². The van der Waals surface area contributed by atoms with Crippen LogP contribution in [0.5, 0.6) is 5.75 Å². The second-order valence-corrected chi connectivity index (χ2v) is 7.58. The minimum Gasteiger partial charge on any atom is -0.494 e. The zero-order chi connectivity index (χ0) is 21.8. The minimum absolute atomic E-state index is 0.0729. The number of ether oxygens (including phenoxy) is 1. The standard InChI is InChI=1S/C22H18N4O4S/c1-2-30-18-10-11-19-20(13-18)31-22(24-19)25(14-16-5-3-4-12-23-16)21(27)15-6-8-17(9-7-15)26(28)29/h3-13H,2,14H2,1H3. The Kier molecular flexibility index (Phi) is 5.85. The zero-order valence-corrected chi connectivity index (χ0v) is 17.4. The highest BCUT2D eigenvalue weighted by atomic mass is 32.1. The summed E-state index contributed by atoms with van der Waals surface area (Å²) in [6.07, 6.45) is 1.66. The first kappa shape index (κ1) is 20.4. The summed E-state index contributed by atoms with van der Waals surface area (Å²) < 4.78 is 6.45. The largest absolute Gasteiger partial charge is 0.494 e. The SMILES string of the molecule is CCOc1ccc2nc(N(Cc3ccccn3)C(=O)c3ccc([N+](=O)[O-])cc3)sc2c1. The Bertz CT molecular complexity index is 1230. The average molecular weight is 434 g/mol. The van der Waals surface area contributed by atoms with E-state index in [0.717, 1.165) is 16.0 Å². The number of fused-ring (bicyclic) bond motifs is 1. The van der Waals surface area contributed by atoms with Crippen molar-refractivity contribution in [3.8, 4) is 5.75 Å². The summed E-state index contributed by atoms with van der Waals surface area (Å²) in [5, 5.41) is 11.4. The number of anilines is 1. The molecule has 0 unspecified atom stereocenters. The number of carbonyl (C=O) groups excluding carboxylic acids is 1. The van der Waals surface area contributed by atoms with E-state index < -0.39 is 4.92 Å². The fourth-order valence-corrected chi connectivity index (χ4v) is 4.02. The van der Waals surface area contributed by atoms with Gasteiger partial charge in [-0.2, -0.15) is 0 Å². The molecule has 0 aliphatic rings. The van der Waals surface area contributed by atoms with E-state index in [2.05, 4.69) is 9.97 Å². The van der Waals surface area contributed by atoms with Crippen LogP contribution in [0.4, 0.5) is 10.8 Å². The molecule has 0 aliphatic heterocycles. The van der Waals surface area contributed by atoms with Crippen molar-refractivity contribution in [3.63, 3.8) is 0 Å². The van der Waals surface area contributed by atoms with Crippen molar-refractivity contribution in [1.29, 1.82) is 0 Å². The molecule has 31 heavy (non-hydrogen) atoms. The van der Waals surface area contributed by atoms with Gasteiger partial charge < -0.3 is 4.74 Å². The molecule has 0 fully saturated rings. The number of carbonyl (C=O) groups is 1. The number of hydrogen-bond donors (Lipinski definition) is 0. The van der Waals surface area contributed by atoms with Gasteiger partial charge in [-0.15, -0.1) is 0 Å². The van der Waals surface area contributed by atoms with E-state index in [1.54, 1.807) is 12.3 Å². The molecule has 9 heteroatoms. The highest BCUT2D eigenvalue weighted by molar-refractivity contribution is 7.22. The second-order valence-electron chi connectivity index (χ2n) is 6.58. The van der Waals surface area contributed by atoms with Crippen LogP contribution in [0, 0.1) is 10.1 Å². The van der Waals surface area contributed by atoms with Gasteiger partial charge in [0.15, 0.2) is 5.13 Å². The number of hydrogen-bond acceptors (Lipinski definition) is 7. The fraction of sp³-hybridized carbons (Fsp3) is 0.136. The Morgan fingerprint density at radius 2 is 1.97 bits per heavy atom. The minimum atomic E-state index is -0.497. The van der Waals surface area contributed by atoms with Gasteiger partial charge in [-0.1, -0.05) is 17.4 Å². The van der Waals surface area contributed by atoms with E-state index in [1.807, 2.05) is 37.3 Å². The lowest BCUT2D eigenvalue weighted by Gasteiger charge is -2.19. The molecular weight excluding hydrogens is 416 g/mol. The van der Waals surface area contributed by atoms with Gasteiger partial charge in [-0.05, 0) is 49.4 Å². The molecule has 0 spiro atoms. The van der Waals surface area contributed by atoms with Crippen molar-refractivity contribution >= 4 is 38.3 Å². The lowest BCUT2D eigenvalue weighted by molar-refractivity contribution is -0.384. The van der Waals surface area contributed by atoms with Crippen LogP contribution in [0.1, 0.15) is 23.0 Å². The summed E-state index contributed by atoms with van der Waals surface area (Å²) in [7, 11) is 0. The normalized spacial score (nSPS) is 10.7. The Labute approximate surface area is 181 Å². The number of nitro groups is 1. The van der Waals surface area contributed by atoms with Crippen LogP contribution >= 0.6 is 11.3 Å². The van der Waals surface area contributed by atoms with Gasteiger partial charge in [0, 0.05) is 23.9 Å². The maximum absolute atomic E-state index is 13.3. The van der Waals surface area contributed by atoms with Crippen molar-refractivity contribution < 1.29 is 14.5 Å². The van der Waals surface area contributed by atoms with Crippen molar-refractivity contribution in [3.05, 3.63) is 88.2 Å². The van der Waals surface area contributed by atoms with Crippen LogP contribution in [-0.2, 0) is 6.54 Å². The molecule has 0 saturated carbocycles. The summed E-state index contributed by atoms with van der Waals surface area (Å²) in [5.74, 6) is 0.424. The topological polar surface area (TPSA) is 98.5 Å². The average Bonchev–Trinajstić information content (AvgIpc) is 3.21. The smallest absolute Gasteiger partial charge is 0.269 e. The highest BCUT2D eigenvalue weighted by Gasteiger charge is 2.23. The van der Waals surface area contributed by atoms with Crippen LogP contribution < -0.4 is 9.64 Å². The summed E-state index contributed by atoms with van der Waals surface area (Å²) in [5.41, 5.74) is 1.71. The van der Waals surface area contributed by atoms with E-state index >= 15 is 0 Å². The molecule has 0 radical (unpaired) electrons. The Morgan fingerprint density at radius 1 is 1.16 bits per heavy atom. The number of amides is 1. The molecule has 4 aromatic rings. The molecule has 8 nitrogen and oxygen atoms in total. The fourth-order valence-electron chi connectivity index (χ4n) is 3.03. The van der Waals surface area contributed by atoms with Crippen molar-refractivity contribution in [2.45, 2.75) is 13.5 Å². The van der Waals surface area contributed by atoms with E-state index in [-0.39, 0.29) is 18.1 Å². The molecule has 2 aromatic carbocycles. The first-order chi connectivity index (χ1) is 15.0. The summed E-state index contributed by atoms with van der Waals surface area (Å²) >= 11 is 1.37. The van der Waals surface area contributed by atoms with Gasteiger partial charge in [-0.25, -0.2) is 4.98 Å². The Hall–Kier alpha value is -3.85. The number of nitrogens with zero attached hydrogens (tertiary/aromatic N) is 4. The molecule has 2 heterocycles. The maximum atomic E-state index is 13.3. The Balaban J connectivity index is 1.72. The molecule has 1 amide bonds. The molecule has 2 aromatic heterocycles. The van der Waals surface area contributed by atoms with E-state index in [1.165, 1.54) is 40.5 Å². The molecule has 4 rings (SSSR count). The van der Waals surface area contributed by atoms with E-state index in [0.29, 0.717) is 23.0 Å². The van der Waals surface area contributed by atoms with Crippen LogP contribution in [-0.4, -0.2) is 27.4 Å². The molecular formula is C22H18N4O4S. The molecule has 0 aliphatic carbocycles. The number of pyridine rings is 1. The third-order valence-corrected chi connectivity index (χ3v) is 5.55. The number of nitro benzene ring substituents is 1. The van der Waals surface area contributed by atoms with Gasteiger partial charge >= 0.3 is 0 Å². The first-order valence-corrected chi connectivity index (χ1v) is 10.4. The lowest BCUT2D eigenvalue weighted by Crippen LogP contribution is -2.30. The van der Waals surface area contributed by atoms with Gasteiger partial charge in [0.2, 0.25) is 0 Å². The lowest BCUT2D eigenvalue weighted by atomic mass is 10.2. The molecule has 0 atom stereocenters.